The van der Waals surface area contributed by atoms with Crippen LogP contribution in [0.1, 0.15) is 61.4 Å². The van der Waals surface area contributed by atoms with Crippen LogP contribution in [0.3, 0.4) is 0 Å². The molecule has 0 amide bonds. The third-order valence-electron chi connectivity index (χ3n) is 6.74. The summed E-state index contributed by atoms with van der Waals surface area (Å²) < 4.78 is 13.4. The van der Waals surface area contributed by atoms with Crippen molar-refractivity contribution in [2.75, 3.05) is 6.61 Å². The number of aryl methyl sites for hydroxylation is 1. The number of aromatic nitrogens is 5. The zero-order chi connectivity index (χ0) is 24.2. The number of furan rings is 1. The molecule has 1 N–H and O–H groups in total. The predicted molar refractivity (Wildman–Crippen MR) is 132 cm³/mol. The lowest BCUT2D eigenvalue weighted by Crippen LogP contribution is -2.33. The molecular formula is C26H32N6O3. The summed E-state index contributed by atoms with van der Waals surface area (Å²) in [6.07, 6.45) is 5.67. The molecule has 1 fully saturated rings. The lowest BCUT2D eigenvalue weighted by Gasteiger charge is -2.30. The first-order chi connectivity index (χ1) is 17.1. The van der Waals surface area contributed by atoms with Crippen LogP contribution < -0.4 is 5.56 Å². The Morgan fingerprint density at radius 1 is 1.26 bits per heavy atom. The average molecular weight is 477 g/mol. The second-order valence-corrected chi connectivity index (χ2v) is 9.31. The molecule has 2 atom stereocenters. The van der Waals surface area contributed by atoms with Gasteiger partial charge in [-0.25, -0.2) is 4.68 Å². The number of pyridine rings is 1. The summed E-state index contributed by atoms with van der Waals surface area (Å²) in [5.41, 5.74) is 2.56. The predicted octanol–water partition coefficient (Wildman–Crippen LogP) is 4.14. The van der Waals surface area contributed by atoms with Gasteiger partial charge in [-0.05, 0) is 65.8 Å². The average Bonchev–Trinajstić information content (AvgIpc) is 3.63. The van der Waals surface area contributed by atoms with Crippen molar-refractivity contribution in [2.24, 2.45) is 0 Å². The standard InChI is InChI=1S/C26H32N6O3/c1-3-7-23(25-28-29-30-32(25)17-22-11-6-13-35-22)31(16-21-10-5-12-34-21)15-20-14-19-9-4-8-18(2)24(19)27-26(20)33/h4-5,8-10,12,14,22-23H,3,6-7,11,13,15-17H2,1-2H3,(H,27,33). The Hall–Kier alpha value is -3.30. The summed E-state index contributed by atoms with van der Waals surface area (Å²) in [5.74, 6) is 1.62. The second-order valence-electron chi connectivity index (χ2n) is 9.31. The van der Waals surface area contributed by atoms with Gasteiger partial charge in [0.1, 0.15) is 5.76 Å². The van der Waals surface area contributed by atoms with E-state index >= 15 is 0 Å². The number of nitrogens with zero attached hydrogens (tertiary/aromatic N) is 5. The minimum Gasteiger partial charge on any atom is -0.468 e. The van der Waals surface area contributed by atoms with Crippen molar-refractivity contribution in [3.8, 4) is 0 Å². The molecule has 9 nitrogen and oxygen atoms in total. The Bertz CT molecular complexity index is 1310. The Labute approximate surface area is 204 Å². The van der Waals surface area contributed by atoms with E-state index in [1.165, 1.54) is 0 Å². The number of rotatable bonds is 10. The molecule has 35 heavy (non-hydrogen) atoms. The van der Waals surface area contributed by atoms with Crippen LogP contribution >= 0.6 is 0 Å². The van der Waals surface area contributed by atoms with Gasteiger partial charge in [0.15, 0.2) is 5.82 Å². The van der Waals surface area contributed by atoms with Crippen molar-refractivity contribution in [2.45, 2.75) is 71.3 Å². The summed E-state index contributed by atoms with van der Waals surface area (Å²) in [7, 11) is 0. The molecule has 4 heterocycles. The van der Waals surface area contributed by atoms with Crippen LogP contribution in [0.5, 0.6) is 0 Å². The second kappa shape index (κ2) is 10.5. The van der Waals surface area contributed by atoms with Crippen LogP contribution in [-0.2, 0) is 24.4 Å². The topological polar surface area (TPSA) is 102 Å². The van der Waals surface area contributed by atoms with E-state index in [-0.39, 0.29) is 17.7 Å². The number of hydrogen-bond donors (Lipinski definition) is 1. The Balaban J connectivity index is 1.50. The summed E-state index contributed by atoms with van der Waals surface area (Å²) in [4.78, 5) is 18.5. The fourth-order valence-corrected chi connectivity index (χ4v) is 4.95. The molecule has 184 valence electrons. The van der Waals surface area contributed by atoms with Gasteiger partial charge in [0.2, 0.25) is 0 Å². The molecule has 0 saturated carbocycles. The molecule has 0 radical (unpaired) electrons. The summed E-state index contributed by atoms with van der Waals surface area (Å²) in [6.45, 7) is 6.56. The number of hydrogen-bond acceptors (Lipinski definition) is 7. The lowest BCUT2D eigenvalue weighted by atomic mass is 10.1. The number of para-hydroxylation sites is 1. The number of ether oxygens (including phenoxy) is 1. The number of tetrazole rings is 1. The zero-order valence-electron chi connectivity index (χ0n) is 20.3. The highest BCUT2D eigenvalue weighted by atomic mass is 16.5. The maximum absolute atomic E-state index is 13.1. The largest absolute Gasteiger partial charge is 0.468 e. The van der Waals surface area contributed by atoms with Gasteiger partial charge >= 0.3 is 0 Å². The van der Waals surface area contributed by atoms with Gasteiger partial charge in [-0.2, -0.15) is 0 Å². The zero-order valence-corrected chi connectivity index (χ0v) is 20.3. The lowest BCUT2D eigenvalue weighted by molar-refractivity contribution is 0.0878. The monoisotopic (exact) mass is 476 g/mol. The first kappa shape index (κ1) is 23.4. The van der Waals surface area contributed by atoms with Crippen LogP contribution in [0.2, 0.25) is 0 Å². The van der Waals surface area contributed by atoms with Crippen molar-refractivity contribution >= 4 is 10.9 Å². The van der Waals surface area contributed by atoms with Crippen molar-refractivity contribution in [1.29, 1.82) is 0 Å². The molecule has 0 spiro atoms. The normalized spacial score (nSPS) is 16.9. The molecule has 3 aromatic heterocycles. The molecule has 0 bridgehead atoms. The highest BCUT2D eigenvalue weighted by Crippen LogP contribution is 2.29. The number of fused-ring (bicyclic) bond motifs is 1. The molecule has 1 saturated heterocycles. The highest BCUT2D eigenvalue weighted by molar-refractivity contribution is 5.81. The van der Waals surface area contributed by atoms with Gasteiger partial charge < -0.3 is 14.1 Å². The minimum absolute atomic E-state index is 0.0783. The number of aromatic amines is 1. The Morgan fingerprint density at radius 3 is 2.94 bits per heavy atom. The van der Waals surface area contributed by atoms with Crippen molar-refractivity contribution in [3.63, 3.8) is 0 Å². The van der Waals surface area contributed by atoms with E-state index in [0.717, 1.165) is 60.3 Å². The molecule has 1 aliphatic heterocycles. The number of nitrogens with one attached hydrogen (secondary N) is 1. The van der Waals surface area contributed by atoms with Crippen LogP contribution in [0.15, 0.2) is 51.9 Å². The van der Waals surface area contributed by atoms with E-state index in [0.29, 0.717) is 25.2 Å². The van der Waals surface area contributed by atoms with Crippen molar-refractivity contribution in [3.05, 3.63) is 75.7 Å². The third kappa shape index (κ3) is 5.21. The first-order valence-corrected chi connectivity index (χ1v) is 12.4. The van der Waals surface area contributed by atoms with E-state index < -0.39 is 0 Å². The van der Waals surface area contributed by atoms with Crippen LogP contribution in [0.4, 0.5) is 0 Å². The van der Waals surface area contributed by atoms with E-state index in [9.17, 15) is 4.79 Å². The quantitative estimate of drug-likeness (QED) is 0.367. The van der Waals surface area contributed by atoms with Gasteiger partial charge in [0, 0.05) is 18.7 Å². The molecule has 5 rings (SSSR count). The highest BCUT2D eigenvalue weighted by Gasteiger charge is 2.29. The Kier molecular flexibility index (Phi) is 7.06. The van der Waals surface area contributed by atoms with Crippen LogP contribution in [-0.4, -0.2) is 42.8 Å². The van der Waals surface area contributed by atoms with Gasteiger partial charge in [-0.1, -0.05) is 31.5 Å². The number of benzene rings is 1. The van der Waals surface area contributed by atoms with Crippen LogP contribution in [0.25, 0.3) is 10.9 Å². The van der Waals surface area contributed by atoms with E-state index in [1.54, 1.807) is 6.26 Å². The summed E-state index contributed by atoms with van der Waals surface area (Å²) in [5, 5.41) is 13.8. The molecular weight excluding hydrogens is 444 g/mol. The molecule has 9 heteroatoms. The van der Waals surface area contributed by atoms with Gasteiger partial charge in [-0.15, -0.1) is 5.10 Å². The fourth-order valence-electron chi connectivity index (χ4n) is 4.95. The molecule has 2 unspecified atom stereocenters. The maximum Gasteiger partial charge on any atom is 0.252 e. The van der Waals surface area contributed by atoms with Gasteiger partial charge in [-0.3, -0.25) is 9.69 Å². The molecule has 4 aromatic rings. The molecule has 0 aliphatic carbocycles. The van der Waals surface area contributed by atoms with E-state index in [1.807, 2.05) is 48.0 Å². The summed E-state index contributed by atoms with van der Waals surface area (Å²) in [6, 6.07) is 11.8. The maximum atomic E-state index is 13.1. The molecule has 1 aromatic carbocycles. The molecule has 1 aliphatic rings. The fraction of sp³-hybridized carbons (Fsp3) is 0.462. The van der Waals surface area contributed by atoms with Gasteiger partial charge in [0.05, 0.1) is 37.0 Å². The summed E-state index contributed by atoms with van der Waals surface area (Å²) >= 11 is 0. The van der Waals surface area contributed by atoms with E-state index in [2.05, 4.69) is 32.3 Å². The number of H-pyrrole nitrogens is 1. The SMILES string of the molecule is CCCC(c1nnnn1CC1CCCO1)N(Cc1ccco1)Cc1cc2cccc(C)c2[nH]c1=O. The van der Waals surface area contributed by atoms with Crippen molar-refractivity contribution in [1.82, 2.24) is 30.1 Å². The van der Waals surface area contributed by atoms with Crippen LogP contribution in [0, 0.1) is 6.92 Å². The first-order valence-electron chi connectivity index (χ1n) is 12.4. The smallest absolute Gasteiger partial charge is 0.252 e. The Morgan fingerprint density at radius 2 is 2.17 bits per heavy atom. The minimum atomic E-state index is -0.0888. The van der Waals surface area contributed by atoms with Crippen molar-refractivity contribution < 1.29 is 9.15 Å². The van der Waals surface area contributed by atoms with Gasteiger partial charge in [0.25, 0.3) is 5.56 Å². The third-order valence-corrected chi connectivity index (χ3v) is 6.74. The van der Waals surface area contributed by atoms with E-state index in [4.69, 9.17) is 9.15 Å².